The van der Waals surface area contributed by atoms with Crippen LogP contribution in [-0.4, -0.2) is 23.0 Å². The third-order valence-corrected chi connectivity index (χ3v) is 11.5. The lowest BCUT2D eigenvalue weighted by atomic mass is 9.81. The highest BCUT2D eigenvalue weighted by molar-refractivity contribution is 6.88. The smallest absolute Gasteiger partial charge is 0.164 e. The van der Waals surface area contributed by atoms with Gasteiger partial charge in [-0.15, -0.1) is 0 Å². The van der Waals surface area contributed by atoms with Crippen molar-refractivity contribution in [3.8, 4) is 56.4 Å². The maximum absolute atomic E-state index is 5.72. The Bertz CT molecular complexity index is 2280. The maximum Gasteiger partial charge on any atom is 0.164 e. The van der Waals surface area contributed by atoms with Gasteiger partial charge in [-0.05, 0) is 57.6 Å². The molecule has 0 spiro atoms. The summed E-state index contributed by atoms with van der Waals surface area (Å²) in [4.78, 5) is 15.2. The molecule has 5 aromatic carbocycles. The molecule has 46 heavy (non-hydrogen) atoms. The van der Waals surface area contributed by atoms with Gasteiger partial charge in [0.15, 0.2) is 17.5 Å². The second-order valence-corrected chi connectivity index (χ2v) is 18.9. The van der Waals surface area contributed by atoms with E-state index in [1.165, 1.54) is 33.0 Å². The summed E-state index contributed by atoms with van der Waals surface area (Å²) in [5.41, 5.74) is 11.3. The van der Waals surface area contributed by atoms with Gasteiger partial charge in [0.05, 0.1) is 14.3 Å². The standard InChI is InChI=1S/C41H35N3OSi/c1-41(2)35-14-7-6-12-31(35)32-21-18-28(25-36(32)41)27-10-8-11-29(24-27)39-42-38(26-16-19-30(20-17-26)46(3,4)5)43-40(44-39)34-13-9-15-37-33(34)22-23-45-37/h6-25H,1-5H3. The van der Waals surface area contributed by atoms with Gasteiger partial charge in [-0.1, -0.05) is 130 Å². The van der Waals surface area contributed by atoms with E-state index in [0.29, 0.717) is 17.5 Å². The van der Waals surface area contributed by atoms with E-state index in [9.17, 15) is 0 Å². The summed E-state index contributed by atoms with van der Waals surface area (Å²) in [6.07, 6.45) is 1.71. The average Bonchev–Trinajstić information content (AvgIpc) is 3.65. The van der Waals surface area contributed by atoms with Crippen LogP contribution in [-0.2, 0) is 5.41 Å². The molecule has 0 atom stereocenters. The van der Waals surface area contributed by atoms with Crippen LogP contribution in [0.25, 0.3) is 67.4 Å². The quantitative estimate of drug-likeness (QED) is 0.181. The van der Waals surface area contributed by atoms with Gasteiger partial charge in [0, 0.05) is 27.5 Å². The molecule has 0 N–H and O–H groups in total. The van der Waals surface area contributed by atoms with E-state index < -0.39 is 8.07 Å². The van der Waals surface area contributed by atoms with Gasteiger partial charge in [-0.3, -0.25) is 0 Å². The minimum atomic E-state index is -1.44. The van der Waals surface area contributed by atoms with E-state index in [-0.39, 0.29) is 5.41 Å². The molecule has 2 aromatic heterocycles. The summed E-state index contributed by atoms with van der Waals surface area (Å²) in [5, 5.41) is 2.39. The molecule has 0 saturated carbocycles. The lowest BCUT2D eigenvalue weighted by molar-refractivity contribution is 0.616. The molecule has 0 amide bonds. The fourth-order valence-electron chi connectivity index (χ4n) is 6.78. The van der Waals surface area contributed by atoms with Crippen LogP contribution in [0.4, 0.5) is 0 Å². The van der Waals surface area contributed by atoms with Gasteiger partial charge in [-0.2, -0.15) is 0 Å². The van der Waals surface area contributed by atoms with Crippen molar-refractivity contribution in [1.82, 2.24) is 15.0 Å². The summed E-state index contributed by atoms with van der Waals surface area (Å²) in [6.45, 7) is 11.7. The molecule has 8 rings (SSSR count). The van der Waals surface area contributed by atoms with Crippen LogP contribution in [0, 0.1) is 0 Å². The SMILES string of the molecule is CC1(C)c2ccccc2-c2ccc(-c3cccc(-c4nc(-c5ccc([Si](C)(C)C)cc5)nc(-c5cccc6occc56)n4)c3)cc21. The Morgan fingerprint density at radius 2 is 1.15 bits per heavy atom. The highest BCUT2D eigenvalue weighted by atomic mass is 28.3. The highest BCUT2D eigenvalue weighted by Crippen LogP contribution is 2.49. The summed E-state index contributed by atoms with van der Waals surface area (Å²) in [5.74, 6) is 1.93. The van der Waals surface area contributed by atoms with Crippen molar-refractivity contribution >= 4 is 24.2 Å². The molecule has 1 aliphatic carbocycles. The zero-order valence-corrected chi connectivity index (χ0v) is 27.8. The van der Waals surface area contributed by atoms with Crippen molar-refractivity contribution < 1.29 is 4.42 Å². The Balaban J connectivity index is 1.25. The number of fused-ring (bicyclic) bond motifs is 4. The van der Waals surface area contributed by atoms with Crippen molar-refractivity contribution in [3.63, 3.8) is 0 Å². The zero-order valence-electron chi connectivity index (χ0n) is 26.8. The van der Waals surface area contributed by atoms with Crippen LogP contribution in [0.15, 0.2) is 126 Å². The largest absolute Gasteiger partial charge is 0.464 e. The zero-order chi connectivity index (χ0) is 31.6. The second-order valence-electron chi connectivity index (χ2n) is 13.8. The van der Waals surface area contributed by atoms with Crippen molar-refractivity contribution in [2.45, 2.75) is 38.9 Å². The van der Waals surface area contributed by atoms with Crippen molar-refractivity contribution in [1.29, 1.82) is 0 Å². The van der Waals surface area contributed by atoms with E-state index in [0.717, 1.165) is 33.2 Å². The molecule has 0 bridgehead atoms. The molecular formula is C41H35N3OSi. The first-order chi connectivity index (χ1) is 22.2. The Morgan fingerprint density at radius 3 is 1.96 bits per heavy atom. The summed E-state index contributed by atoms with van der Waals surface area (Å²) in [6, 6.07) is 40.9. The Morgan fingerprint density at radius 1 is 0.522 bits per heavy atom. The highest BCUT2D eigenvalue weighted by Gasteiger charge is 2.35. The number of aromatic nitrogens is 3. The van der Waals surface area contributed by atoms with Gasteiger partial charge in [-0.25, -0.2) is 15.0 Å². The van der Waals surface area contributed by atoms with Crippen LogP contribution in [0.5, 0.6) is 0 Å². The van der Waals surface area contributed by atoms with Crippen LogP contribution < -0.4 is 5.19 Å². The Hall–Kier alpha value is -5.13. The molecule has 5 heteroatoms. The predicted molar refractivity (Wildman–Crippen MR) is 192 cm³/mol. The predicted octanol–water partition coefficient (Wildman–Crippen LogP) is 10.1. The van der Waals surface area contributed by atoms with E-state index in [2.05, 4.69) is 131 Å². The number of hydrogen-bond acceptors (Lipinski definition) is 4. The van der Waals surface area contributed by atoms with E-state index in [4.69, 9.17) is 19.4 Å². The molecule has 224 valence electrons. The third-order valence-electron chi connectivity index (χ3n) is 9.42. The molecule has 0 radical (unpaired) electrons. The van der Waals surface area contributed by atoms with Gasteiger partial charge < -0.3 is 4.42 Å². The molecule has 1 aliphatic rings. The first kappa shape index (κ1) is 28.3. The summed E-state index contributed by atoms with van der Waals surface area (Å²) in [7, 11) is -1.44. The molecule has 0 saturated heterocycles. The Labute approximate surface area is 270 Å². The lowest BCUT2D eigenvalue weighted by Gasteiger charge is -2.22. The van der Waals surface area contributed by atoms with Crippen molar-refractivity contribution in [3.05, 3.63) is 133 Å². The minimum Gasteiger partial charge on any atom is -0.464 e. The second kappa shape index (κ2) is 10.5. The summed E-state index contributed by atoms with van der Waals surface area (Å²) >= 11 is 0. The fourth-order valence-corrected chi connectivity index (χ4v) is 7.95. The van der Waals surface area contributed by atoms with Gasteiger partial charge in [0.25, 0.3) is 0 Å². The van der Waals surface area contributed by atoms with Crippen molar-refractivity contribution in [2.75, 3.05) is 0 Å². The van der Waals surface area contributed by atoms with Gasteiger partial charge in [0.1, 0.15) is 5.58 Å². The summed E-state index contributed by atoms with van der Waals surface area (Å²) < 4.78 is 5.72. The van der Waals surface area contributed by atoms with Crippen LogP contribution >= 0.6 is 0 Å². The monoisotopic (exact) mass is 613 g/mol. The molecule has 4 nitrogen and oxygen atoms in total. The normalized spacial score (nSPS) is 13.5. The number of nitrogens with zero attached hydrogens (tertiary/aromatic N) is 3. The van der Waals surface area contributed by atoms with Crippen LogP contribution in [0.3, 0.4) is 0 Å². The molecule has 0 aliphatic heterocycles. The molecule has 0 unspecified atom stereocenters. The molecule has 2 heterocycles. The average molecular weight is 614 g/mol. The van der Waals surface area contributed by atoms with Gasteiger partial charge in [0.2, 0.25) is 0 Å². The lowest BCUT2D eigenvalue weighted by Crippen LogP contribution is -2.37. The maximum atomic E-state index is 5.72. The van der Waals surface area contributed by atoms with E-state index >= 15 is 0 Å². The number of furan rings is 1. The third kappa shape index (κ3) is 4.70. The fraction of sp³-hybridized carbons (Fsp3) is 0.146. The van der Waals surface area contributed by atoms with Gasteiger partial charge >= 0.3 is 0 Å². The van der Waals surface area contributed by atoms with Crippen LogP contribution in [0.1, 0.15) is 25.0 Å². The van der Waals surface area contributed by atoms with E-state index in [1.54, 1.807) is 6.26 Å². The number of hydrogen-bond donors (Lipinski definition) is 0. The topological polar surface area (TPSA) is 51.8 Å². The first-order valence-electron chi connectivity index (χ1n) is 15.9. The Kier molecular flexibility index (Phi) is 6.45. The molecule has 0 fully saturated rings. The molecular weight excluding hydrogens is 579 g/mol. The van der Waals surface area contributed by atoms with Crippen LogP contribution in [0.2, 0.25) is 19.6 Å². The molecule has 7 aromatic rings. The number of rotatable bonds is 5. The minimum absolute atomic E-state index is 0.0588. The van der Waals surface area contributed by atoms with Crippen molar-refractivity contribution in [2.24, 2.45) is 0 Å². The first-order valence-corrected chi connectivity index (χ1v) is 19.4. The van der Waals surface area contributed by atoms with E-state index in [1.807, 2.05) is 18.2 Å². The number of benzene rings is 5.